The minimum absolute atomic E-state index is 0.0308. The van der Waals surface area contributed by atoms with E-state index in [1.165, 1.54) is 38.4 Å². The van der Waals surface area contributed by atoms with Crippen molar-refractivity contribution in [3.05, 3.63) is 24.8 Å². The fourth-order valence-corrected chi connectivity index (χ4v) is 3.07. The Morgan fingerprint density at radius 2 is 2.13 bits per heavy atom. The van der Waals surface area contributed by atoms with Crippen molar-refractivity contribution in [3.8, 4) is 0 Å². The molecule has 1 aliphatic carbocycles. The molecule has 8 heteroatoms. The number of amides is 1. The largest absolute Gasteiger partial charge is 0.349 e. The molecule has 2 aromatic heterocycles. The quantitative estimate of drug-likeness (QED) is 0.835. The Morgan fingerprint density at radius 3 is 2.91 bits per heavy atom. The van der Waals surface area contributed by atoms with E-state index < -0.39 is 0 Å². The van der Waals surface area contributed by atoms with Crippen molar-refractivity contribution in [1.29, 1.82) is 0 Å². The first-order chi connectivity index (χ1) is 11.3. The number of nitrogens with zero attached hydrogens (tertiary/aromatic N) is 6. The van der Waals surface area contributed by atoms with Crippen LogP contribution in [0.3, 0.4) is 0 Å². The molecule has 1 amide bonds. The van der Waals surface area contributed by atoms with Crippen LogP contribution in [0, 0.1) is 0 Å². The number of carbonyl (C=O) groups excluding carboxylic acids is 1. The molecule has 0 aromatic carbocycles. The van der Waals surface area contributed by atoms with Crippen LogP contribution in [-0.4, -0.2) is 35.4 Å². The van der Waals surface area contributed by atoms with E-state index in [0.717, 1.165) is 12.2 Å². The van der Waals surface area contributed by atoms with E-state index in [4.69, 9.17) is 0 Å². The van der Waals surface area contributed by atoms with E-state index in [-0.39, 0.29) is 5.91 Å². The van der Waals surface area contributed by atoms with E-state index in [2.05, 4.69) is 30.2 Å². The SMILES string of the molecule is O=C(CCCn1cncn1)NCc1nncn1C1CCCCC1. The summed E-state index contributed by atoms with van der Waals surface area (Å²) in [7, 11) is 0. The Kier molecular flexibility index (Phi) is 5.33. The highest BCUT2D eigenvalue weighted by atomic mass is 16.1. The number of carbonyl (C=O) groups is 1. The van der Waals surface area contributed by atoms with Crippen molar-refractivity contribution < 1.29 is 4.79 Å². The minimum Gasteiger partial charge on any atom is -0.349 e. The summed E-state index contributed by atoms with van der Waals surface area (Å²) in [5, 5.41) is 15.1. The van der Waals surface area contributed by atoms with E-state index in [0.29, 0.717) is 25.6 Å². The maximum atomic E-state index is 11.9. The first-order valence-electron chi connectivity index (χ1n) is 8.30. The van der Waals surface area contributed by atoms with Crippen LogP contribution in [0.2, 0.25) is 0 Å². The third kappa shape index (κ3) is 4.37. The monoisotopic (exact) mass is 317 g/mol. The van der Waals surface area contributed by atoms with Gasteiger partial charge < -0.3 is 9.88 Å². The van der Waals surface area contributed by atoms with Crippen LogP contribution in [0.15, 0.2) is 19.0 Å². The lowest BCUT2D eigenvalue weighted by molar-refractivity contribution is -0.121. The van der Waals surface area contributed by atoms with Gasteiger partial charge >= 0.3 is 0 Å². The molecule has 1 N–H and O–H groups in total. The summed E-state index contributed by atoms with van der Waals surface area (Å²) in [6.07, 6.45) is 12.4. The normalized spacial score (nSPS) is 15.7. The second kappa shape index (κ2) is 7.85. The van der Waals surface area contributed by atoms with Crippen LogP contribution >= 0.6 is 0 Å². The number of aromatic nitrogens is 6. The van der Waals surface area contributed by atoms with Gasteiger partial charge in [-0.1, -0.05) is 19.3 Å². The van der Waals surface area contributed by atoms with Crippen LogP contribution in [-0.2, 0) is 17.9 Å². The van der Waals surface area contributed by atoms with Crippen molar-refractivity contribution in [2.75, 3.05) is 0 Å². The number of rotatable bonds is 7. The van der Waals surface area contributed by atoms with E-state index in [9.17, 15) is 4.79 Å². The molecule has 0 radical (unpaired) electrons. The molecule has 3 rings (SSSR count). The molecule has 0 spiro atoms. The molecule has 0 bridgehead atoms. The maximum Gasteiger partial charge on any atom is 0.220 e. The van der Waals surface area contributed by atoms with Crippen molar-refractivity contribution in [1.82, 2.24) is 34.8 Å². The van der Waals surface area contributed by atoms with Crippen molar-refractivity contribution in [2.45, 2.75) is 64.1 Å². The van der Waals surface area contributed by atoms with E-state index >= 15 is 0 Å². The van der Waals surface area contributed by atoms with Crippen molar-refractivity contribution in [2.24, 2.45) is 0 Å². The molecule has 23 heavy (non-hydrogen) atoms. The number of hydrogen-bond acceptors (Lipinski definition) is 5. The zero-order valence-corrected chi connectivity index (χ0v) is 13.3. The zero-order chi connectivity index (χ0) is 15.9. The van der Waals surface area contributed by atoms with Crippen LogP contribution < -0.4 is 5.32 Å². The molecule has 0 aliphatic heterocycles. The molecule has 1 aliphatic rings. The van der Waals surface area contributed by atoms with Gasteiger partial charge in [0.25, 0.3) is 0 Å². The summed E-state index contributed by atoms with van der Waals surface area (Å²) >= 11 is 0. The van der Waals surface area contributed by atoms with Gasteiger partial charge in [0, 0.05) is 19.0 Å². The summed E-state index contributed by atoms with van der Waals surface area (Å²) in [6.45, 7) is 1.14. The molecule has 1 saturated carbocycles. The Morgan fingerprint density at radius 1 is 1.26 bits per heavy atom. The molecule has 0 atom stereocenters. The average molecular weight is 317 g/mol. The van der Waals surface area contributed by atoms with Gasteiger partial charge in [0.05, 0.1) is 6.54 Å². The Hall–Kier alpha value is -2.25. The topological polar surface area (TPSA) is 90.5 Å². The van der Waals surface area contributed by atoms with E-state index in [1.54, 1.807) is 17.3 Å². The van der Waals surface area contributed by atoms with Gasteiger partial charge in [-0.3, -0.25) is 9.48 Å². The van der Waals surface area contributed by atoms with Crippen molar-refractivity contribution >= 4 is 5.91 Å². The molecule has 1 fully saturated rings. The molecule has 124 valence electrons. The first-order valence-corrected chi connectivity index (χ1v) is 8.30. The number of hydrogen-bond donors (Lipinski definition) is 1. The molecule has 0 saturated heterocycles. The predicted molar refractivity (Wildman–Crippen MR) is 83.2 cm³/mol. The van der Waals surface area contributed by atoms with Gasteiger partial charge in [-0.15, -0.1) is 10.2 Å². The molecule has 8 nitrogen and oxygen atoms in total. The van der Waals surface area contributed by atoms with Crippen LogP contribution in [0.1, 0.15) is 56.8 Å². The van der Waals surface area contributed by atoms with Crippen LogP contribution in [0.5, 0.6) is 0 Å². The van der Waals surface area contributed by atoms with E-state index in [1.807, 2.05) is 0 Å². The Balaban J connectivity index is 1.43. The van der Waals surface area contributed by atoms with Gasteiger partial charge in [-0.05, 0) is 19.3 Å². The third-order valence-corrected chi connectivity index (χ3v) is 4.32. The Bertz CT molecular complexity index is 601. The fraction of sp³-hybridized carbons (Fsp3) is 0.667. The standard InChI is InChI=1S/C15H23N7O/c23-15(7-4-8-21-11-16-10-19-21)17-9-14-20-18-12-22(14)13-5-2-1-3-6-13/h10-13H,1-9H2,(H,17,23). The maximum absolute atomic E-state index is 11.9. The van der Waals surface area contributed by atoms with Gasteiger partial charge in [0.1, 0.15) is 19.0 Å². The lowest BCUT2D eigenvalue weighted by atomic mass is 9.95. The first kappa shape index (κ1) is 15.6. The van der Waals surface area contributed by atoms with Gasteiger partial charge in [0.2, 0.25) is 5.91 Å². The lowest BCUT2D eigenvalue weighted by Crippen LogP contribution is -2.26. The van der Waals surface area contributed by atoms with Gasteiger partial charge in [-0.25, -0.2) is 4.98 Å². The van der Waals surface area contributed by atoms with Crippen LogP contribution in [0.4, 0.5) is 0 Å². The summed E-state index contributed by atoms with van der Waals surface area (Å²) in [6, 6.07) is 0.484. The smallest absolute Gasteiger partial charge is 0.220 e. The molecule has 2 aromatic rings. The summed E-state index contributed by atoms with van der Waals surface area (Å²) in [5.41, 5.74) is 0. The highest BCUT2D eigenvalue weighted by Crippen LogP contribution is 2.28. The number of aryl methyl sites for hydroxylation is 1. The minimum atomic E-state index is 0.0308. The zero-order valence-electron chi connectivity index (χ0n) is 13.3. The second-order valence-corrected chi connectivity index (χ2v) is 5.99. The van der Waals surface area contributed by atoms with Gasteiger partial charge in [-0.2, -0.15) is 5.10 Å². The fourth-order valence-electron chi connectivity index (χ4n) is 3.07. The molecule has 0 unspecified atom stereocenters. The van der Waals surface area contributed by atoms with Crippen LogP contribution in [0.25, 0.3) is 0 Å². The third-order valence-electron chi connectivity index (χ3n) is 4.32. The Labute approximate surface area is 135 Å². The molecule has 2 heterocycles. The molecular formula is C15H23N7O. The highest BCUT2D eigenvalue weighted by molar-refractivity contribution is 5.75. The van der Waals surface area contributed by atoms with Crippen molar-refractivity contribution in [3.63, 3.8) is 0 Å². The predicted octanol–water partition coefficient (Wildman–Crippen LogP) is 1.47. The van der Waals surface area contributed by atoms with Gasteiger partial charge in [0.15, 0.2) is 5.82 Å². The average Bonchev–Trinajstić information content (AvgIpc) is 3.25. The highest BCUT2D eigenvalue weighted by Gasteiger charge is 2.18. The lowest BCUT2D eigenvalue weighted by Gasteiger charge is -2.24. The summed E-state index contributed by atoms with van der Waals surface area (Å²) < 4.78 is 3.86. The summed E-state index contributed by atoms with van der Waals surface area (Å²) in [4.78, 5) is 15.8. The summed E-state index contributed by atoms with van der Waals surface area (Å²) in [5.74, 6) is 0.879. The number of nitrogens with one attached hydrogen (secondary N) is 1. The second-order valence-electron chi connectivity index (χ2n) is 5.99. The molecular weight excluding hydrogens is 294 g/mol.